The second kappa shape index (κ2) is 6.69. The molecule has 2 aliphatic rings. The predicted octanol–water partition coefficient (Wildman–Crippen LogP) is 4.24. The van der Waals surface area contributed by atoms with Gasteiger partial charge in [0.25, 0.3) is 5.91 Å². The van der Waals surface area contributed by atoms with E-state index in [0.717, 1.165) is 29.6 Å². The van der Waals surface area contributed by atoms with Crippen molar-refractivity contribution < 1.29 is 4.79 Å². The van der Waals surface area contributed by atoms with Crippen molar-refractivity contribution in [2.75, 3.05) is 0 Å². The molecule has 0 radical (unpaired) electrons. The number of benzene rings is 1. The molecule has 126 valence electrons. The number of nitrogens with one attached hydrogen (secondary N) is 1. The van der Waals surface area contributed by atoms with E-state index in [-0.39, 0.29) is 5.91 Å². The van der Waals surface area contributed by atoms with Crippen LogP contribution in [0.3, 0.4) is 0 Å². The number of amides is 1. The van der Waals surface area contributed by atoms with Gasteiger partial charge in [0, 0.05) is 30.6 Å². The van der Waals surface area contributed by atoms with Crippen molar-refractivity contribution >= 4 is 17.2 Å². The molecule has 1 aromatic heterocycles. The van der Waals surface area contributed by atoms with E-state index in [0.29, 0.717) is 6.54 Å². The Morgan fingerprint density at radius 3 is 2.83 bits per heavy atom. The topological polar surface area (TPSA) is 32.3 Å². The number of carbonyl (C=O) groups excluding carboxylic acids is 1. The molecule has 24 heavy (non-hydrogen) atoms. The monoisotopic (exact) mass is 340 g/mol. The Hall–Kier alpha value is -1.65. The molecule has 2 aromatic rings. The smallest absolute Gasteiger partial charge is 0.261 e. The van der Waals surface area contributed by atoms with Crippen molar-refractivity contribution in [1.82, 2.24) is 10.2 Å². The quantitative estimate of drug-likeness (QED) is 0.902. The summed E-state index contributed by atoms with van der Waals surface area (Å²) in [5.74, 6) is 0.0586. The zero-order chi connectivity index (χ0) is 16.5. The minimum Gasteiger partial charge on any atom is -0.347 e. The van der Waals surface area contributed by atoms with Gasteiger partial charge in [-0.1, -0.05) is 42.7 Å². The largest absolute Gasteiger partial charge is 0.347 e. The lowest BCUT2D eigenvalue weighted by atomic mass is 10.1. The highest BCUT2D eigenvalue weighted by molar-refractivity contribution is 7.14. The zero-order valence-corrected chi connectivity index (χ0v) is 15.0. The van der Waals surface area contributed by atoms with E-state index in [1.54, 1.807) is 11.3 Å². The Balaban J connectivity index is 1.36. The first-order valence-corrected chi connectivity index (χ1v) is 9.70. The maximum atomic E-state index is 12.4. The van der Waals surface area contributed by atoms with Crippen LogP contribution < -0.4 is 5.32 Å². The molecule has 1 fully saturated rings. The Bertz CT molecular complexity index is 722. The standard InChI is InChI=1S/C20H24N2OS/c1-14-5-4-6-15(9-14)11-21-20(23)18-10-16-12-22(13-19(16)24-18)17-7-2-3-8-17/h4-6,9-10,17H,2-3,7-8,11-13H2,1H3,(H,21,23). The summed E-state index contributed by atoms with van der Waals surface area (Å²) in [6.45, 7) is 4.74. The Morgan fingerprint density at radius 2 is 2.08 bits per heavy atom. The first-order chi connectivity index (χ1) is 11.7. The highest BCUT2D eigenvalue weighted by Gasteiger charge is 2.30. The minimum absolute atomic E-state index is 0.0586. The van der Waals surface area contributed by atoms with Crippen molar-refractivity contribution in [3.05, 3.63) is 56.8 Å². The highest BCUT2D eigenvalue weighted by Crippen LogP contribution is 2.35. The van der Waals surface area contributed by atoms with Gasteiger partial charge in [0.05, 0.1) is 4.88 Å². The van der Waals surface area contributed by atoms with Crippen molar-refractivity contribution in [3.8, 4) is 0 Å². The molecule has 0 spiro atoms. The Kier molecular flexibility index (Phi) is 4.42. The van der Waals surface area contributed by atoms with Gasteiger partial charge in [-0.05, 0) is 37.0 Å². The van der Waals surface area contributed by atoms with Crippen LogP contribution in [0.1, 0.15) is 56.9 Å². The number of rotatable bonds is 4. The zero-order valence-electron chi connectivity index (χ0n) is 14.2. The summed E-state index contributed by atoms with van der Waals surface area (Å²) in [7, 11) is 0. The van der Waals surface area contributed by atoms with Gasteiger partial charge >= 0.3 is 0 Å². The molecule has 3 nitrogen and oxygen atoms in total. The molecule has 4 heteroatoms. The van der Waals surface area contributed by atoms with Gasteiger partial charge in [-0.2, -0.15) is 0 Å². The average molecular weight is 340 g/mol. The SMILES string of the molecule is Cc1cccc(CNC(=O)c2cc3c(s2)CN(C2CCCC2)C3)c1. The number of aryl methyl sites for hydroxylation is 1. The van der Waals surface area contributed by atoms with Crippen LogP contribution >= 0.6 is 11.3 Å². The Labute approximate surface area is 147 Å². The molecule has 0 saturated heterocycles. The summed E-state index contributed by atoms with van der Waals surface area (Å²) in [5, 5.41) is 3.06. The third-order valence-electron chi connectivity index (χ3n) is 5.22. The summed E-state index contributed by atoms with van der Waals surface area (Å²) in [4.78, 5) is 17.3. The average Bonchev–Trinajstić information content (AvgIpc) is 3.27. The first-order valence-electron chi connectivity index (χ1n) is 8.88. The lowest BCUT2D eigenvalue weighted by molar-refractivity contribution is 0.0954. The maximum absolute atomic E-state index is 12.4. The minimum atomic E-state index is 0.0586. The van der Waals surface area contributed by atoms with Crippen molar-refractivity contribution in [3.63, 3.8) is 0 Å². The predicted molar refractivity (Wildman–Crippen MR) is 98.2 cm³/mol. The lowest BCUT2D eigenvalue weighted by Gasteiger charge is -2.22. The summed E-state index contributed by atoms with van der Waals surface area (Å²) in [6, 6.07) is 11.2. The van der Waals surface area contributed by atoms with E-state index < -0.39 is 0 Å². The molecule has 0 unspecified atom stereocenters. The number of nitrogens with zero attached hydrogens (tertiary/aromatic N) is 1. The third-order valence-corrected chi connectivity index (χ3v) is 6.38. The van der Waals surface area contributed by atoms with Crippen LogP contribution in [0.15, 0.2) is 30.3 Å². The van der Waals surface area contributed by atoms with Crippen LogP contribution in [-0.4, -0.2) is 16.8 Å². The van der Waals surface area contributed by atoms with E-state index in [4.69, 9.17) is 0 Å². The van der Waals surface area contributed by atoms with E-state index in [1.165, 1.54) is 41.7 Å². The lowest BCUT2D eigenvalue weighted by Crippen LogP contribution is -2.28. The molecule has 0 bridgehead atoms. The molecule has 1 aliphatic heterocycles. The van der Waals surface area contributed by atoms with E-state index >= 15 is 0 Å². The highest BCUT2D eigenvalue weighted by atomic mass is 32.1. The molecule has 1 aromatic carbocycles. The fraction of sp³-hybridized carbons (Fsp3) is 0.450. The number of fused-ring (bicyclic) bond motifs is 1. The van der Waals surface area contributed by atoms with E-state index in [1.807, 2.05) is 6.07 Å². The normalized spacial score (nSPS) is 18.0. The van der Waals surface area contributed by atoms with Gasteiger partial charge in [0.15, 0.2) is 0 Å². The van der Waals surface area contributed by atoms with Crippen molar-refractivity contribution in [2.24, 2.45) is 0 Å². The molecule has 4 rings (SSSR count). The van der Waals surface area contributed by atoms with Crippen LogP contribution in [0.25, 0.3) is 0 Å². The van der Waals surface area contributed by atoms with Crippen molar-refractivity contribution in [2.45, 2.75) is 58.3 Å². The molecule has 0 atom stereocenters. The van der Waals surface area contributed by atoms with Crippen LogP contribution in [0.2, 0.25) is 0 Å². The molecule has 2 heterocycles. The number of thiophene rings is 1. The second-order valence-electron chi connectivity index (χ2n) is 7.07. The fourth-order valence-corrected chi connectivity index (χ4v) is 5.04. The summed E-state index contributed by atoms with van der Waals surface area (Å²) in [6.07, 6.45) is 5.44. The van der Waals surface area contributed by atoms with Crippen LogP contribution in [0, 0.1) is 6.92 Å². The van der Waals surface area contributed by atoms with Crippen LogP contribution in [0.4, 0.5) is 0 Å². The van der Waals surface area contributed by atoms with Crippen molar-refractivity contribution in [1.29, 1.82) is 0 Å². The third kappa shape index (κ3) is 3.26. The molecule has 1 amide bonds. The first kappa shape index (κ1) is 15.9. The summed E-state index contributed by atoms with van der Waals surface area (Å²) >= 11 is 1.68. The molecule has 1 N–H and O–H groups in total. The molecular weight excluding hydrogens is 316 g/mol. The van der Waals surface area contributed by atoms with Gasteiger partial charge in [-0.25, -0.2) is 0 Å². The number of hydrogen-bond acceptors (Lipinski definition) is 3. The summed E-state index contributed by atoms with van der Waals surface area (Å²) < 4.78 is 0. The van der Waals surface area contributed by atoms with Gasteiger partial charge < -0.3 is 5.32 Å². The van der Waals surface area contributed by atoms with Gasteiger partial charge in [-0.3, -0.25) is 9.69 Å². The van der Waals surface area contributed by atoms with Gasteiger partial charge in [-0.15, -0.1) is 11.3 Å². The Morgan fingerprint density at radius 1 is 1.25 bits per heavy atom. The maximum Gasteiger partial charge on any atom is 0.261 e. The second-order valence-corrected chi connectivity index (χ2v) is 8.21. The van der Waals surface area contributed by atoms with Gasteiger partial charge in [0.2, 0.25) is 0 Å². The van der Waals surface area contributed by atoms with E-state index in [9.17, 15) is 4.79 Å². The van der Waals surface area contributed by atoms with E-state index in [2.05, 4.69) is 41.4 Å². The van der Waals surface area contributed by atoms with Crippen LogP contribution in [-0.2, 0) is 19.6 Å². The number of hydrogen-bond donors (Lipinski definition) is 1. The molecular formula is C20H24N2OS. The fourth-order valence-electron chi connectivity index (χ4n) is 3.92. The van der Waals surface area contributed by atoms with Crippen LogP contribution in [0.5, 0.6) is 0 Å². The summed E-state index contributed by atoms with van der Waals surface area (Å²) in [5.41, 5.74) is 3.75. The van der Waals surface area contributed by atoms with Gasteiger partial charge in [0.1, 0.15) is 0 Å². The number of carbonyl (C=O) groups is 1. The molecule has 1 saturated carbocycles. The molecule has 1 aliphatic carbocycles.